The maximum absolute atomic E-state index is 12.1. The first-order valence-corrected chi connectivity index (χ1v) is 9.00. The molecule has 0 spiro atoms. The fraction of sp³-hybridized carbons (Fsp3) is 0.118. The molecular formula is C17H15NO5S. The van der Waals surface area contributed by atoms with Gasteiger partial charge >= 0.3 is 0 Å². The van der Waals surface area contributed by atoms with Crippen molar-refractivity contribution in [1.82, 2.24) is 0 Å². The Kier molecular flexibility index (Phi) is 4.26. The van der Waals surface area contributed by atoms with Crippen molar-refractivity contribution in [2.75, 3.05) is 18.4 Å². The third-order valence-electron chi connectivity index (χ3n) is 3.42. The Balaban J connectivity index is 1.64. The van der Waals surface area contributed by atoms with E-state index in [4.69, 9.17) is 9.47 Å². The Morgan fingerprint density at radius 2 is 1.79 bits per heavy atom. The van der Waals surface area contributed by atoms with Crippen LogP contribution in [0.15, 0.2) is 59.6 Å². The van der Waals surface area contributed by atoms with Crippen molar-refractivity contribution in [2.24, 2.45) is 0 Å². The van der Waals surface area contributed by atoms with Crippen LogP contribution in [0.3, 0.4) is 0 Å². The van der Waals surface area contributed by atoms with E-state index in [1.54, 1.807) is 30.3 Å². The number of carbonyl (C=O) groups is 1. The van der Waals surface area contributed by atoms with Crippen LogP contribution in [0, 0.1) is 0 Å². The molecule has 0 aliphatic carbocycles. The standard InChI is InChI=1S/C17H15NO5S/c1-24(20,21)14-5-3-13(4-6-14)18-9-8-15(19)12-2-7-16-17(10-12)23-11-22-16/h2-10,18H,11H2,1H3. The number of benzene rings is 2. The number of allylic oxidation sites excluding steroid dienone is 1. The second-order valence-corrected chi connectivity index (χ2v) is 7.22. The van der Waals surface area contributed by atoms with Gasteiger partial charge < -0.3 is 14.8 Å². The van der Waals surface area contributed by atoms with E-state index in [9.17, 15) is 13.2 Å². The Morgan fingerprint density at radius 3 is 2.50 bits per heavy atom. The van der Waals surface area contributed by atoms with E-state index in [1.165, 1.54) is 24.4 Å². The van der Waals surface area contributed by atoms with Gasteiger partial charge in [-0.25, -0.2) is 8.42 Å². The lowest BCUT2D eigenvalue weighted by Crippen LogP contribution is -1.98. The number of fused-ring (bicyclic) bond motifs is 1. The average Bonchev–Trinajstić information content (AvgIpc) is 3.02. The van der Waals surface area contributed by atoms with Gasteiger partial charge in [0, 0.05) is 29.8 Å². The molecule has 0 radical (unpaired) electrons. The number of carbonyl (C=O) groups excluding carboxylic acids is 1. The van der Waals surface area contributed by atoms with Gasteiger partial charge in [0.2, 0.25) is 6.79 Å². The maximum Gasteiger partial charge on any atom is 0.231 e. The second kappa shape index (κ2) is 6.37. The monoisotopic (exact) mass is 345 g/mol. The molecule has 3 rings (SSSR count). The summed E-state index contributed by atoms with van der Waals surface area (Å²) >= 11 is 0. The molecule has 2 aromatic rings. The maximum atomic E-state index is 12.1. The minimum atomic E-state index is -3.22. The summed E-state index contributed by atoms with van der Waals surface area (Å²) in [5, 5.41) is 2.92. The van der Waals surface area contributed by atoms with Gasteiger partial charge in [-0.3, -0.25) is 4.79 Å². The van der Waals surface area contributed by atoms with E-state index in [0.29, 0.717) is 22.7 Å². The van der Waals surface area contributed by atoms with E-state index in [-0.39, 0.29) is 17.5 Å². The fourth-order valence-electron chi connectivity index (χ4n) is 2.16. The Hall–Kier alpha value is -2.80. The summed E-state index contributed by atoms with van der Waals surface area (Å²) in [6.07, 6.45) is 4.05. The quantitative estimate of drug-likeness (QED) is 0.663. The summed E-state index contributed by atoms with van der Waals surface area (Å²) in [6, 6.07) is 11.3. The van der Waals surface area contributed by atoms with Crippen molar-refractivity contribution in [3.8, 4) is 11.5 Å². The molecular weight excluding hydrogens is 330 g/mol. The van der Waals surface area contributed by atoms with Gasteiger partial charge in [0.05, 0.1) is 4.90 Å². The molecule has 0 fully saturated rings. The second-order valence-electron chi connectivity index (χ2n) is 5.21. The topological polar surface area (TPSA) is 81.7 Å². The summed E-state index contributed by atoms with van der Waals surface area (Å²) in [5.74, 6) is 0.992. The van der Waals surface area contributed by atoms with Gasteiger partial charge in [0.25, 0.3) is 0 Å². The van der Waals surface area contributed by atoms with Crippen LogP contribution in [0.2, 0.25) is 0 Å². The molecule has 0 aromatic heterocycles. The van der Waals surface area contributed by atoms with Crippen LogP contribution in [-0.4, -0.2) is 27.2 Å². The molecule has 0 atom stereocenters. The van der Waals surface area contributed by atoms with E-state index in [1.807, 2.05) is 0 Å². The summed E-state index contributed by atoms with van der Waals surface area (Å²) in [7, 11) is -3.22. The highest BCUT2D eigenvalue weighted by molar-refractivity contribution is 7.90. The molecule has 0 bridgehead atoms. The molecule has 1 N–H and O–H groups in total. The lowest BCUT2D eigenvalue weighted by molar-refractivity contribution is 0.104. The molecule has 7 heteroatoms. The van der Waals surface area contributed by atoms with E-state index in [0.717, 1.165) is 6.26 Å². The zero-order valence-electron chi connectivity index (χ0n) is 12.9. The number of rotatable bonds is 5. The summed E-state index contributed by atoms with van der Waals surface area (Å²) in [6.45, 7) is 0.161. The van der Waals surface area contributed by atoms with Crippen molar-refractivity contribution in [3.63, 3.8) is 0 Å². The van der Waals surface area contributed by atoms with Gasteiger partial charge in [-0.1, -0.05) is 0 Å². The molecule has 0 saturated carbocycles. The molecule has 1 aliphatic rings. The van der Waals surface area contributed by atoms with Gasteiger partial charge in [-0.15, -0.1) is 0 Å². The molecule has 0 amide bonds. The van der Waals surface area contributed by atoms with Crippen molar-refractivity contribution in [1.29, 1.82) is 0 Å². The highest BCUT2D eigenvalue weighted by atomic mass is 32.2. The zero-order valence-corrected chi connectivity index (χ0v) is 13.7. The van der Waals surface area contributed by atoms with E-state index in [2.05, 4.69) is 5.32 Å². The largest absolute Gasteiger partial charge is 0.454 e. The Bertz CT molecular complexity index is 901. The molecule has 1 heterocycles. The molecule has 24 heavy (non-hydrogen) atoms. The summed E-state index contributed by atoms with van der Waals surface area (Å²) in [4.78, 5) is 12.4. The fourth-order valence-corrected chi connectivity index (χ4v) is 2.79. The number of anilines is 1. The molecule has 0 saturated heterocycles. The number of ketones is 1. The molecule has 1 aliphatic heterocycles. The highest BCUT2D eigenvalue weighted by Crippen LogP contribution is 2.32. The van der Waals surface area contributed by atoms with E-state index < -0.39 is 9.84 Å². The van der Waals surface area contributed by atoms with Crippen LogP contribution in [0.1, 0.15) is 10.4 Å². The molecule has 0 unspecified atom stereocenters. The minimum absolute atomic E-state index is 0.161. The smallest absolute Gasteiger partial charge is 0.231 e. The Labute approximate surface area is 139 Å². The predicted octanol–water partition coefficient (Wildman–Crippen LogP) is 2.63. The van der Waals surface area contributed by atoms with Gasteiger partial charge in [0.15, 0.2) is 27.1 Å². The molecule has 2 aromatic carbocycles. The van der Waals surface area contributed by atoms with Gasteiger partial charge in [0.1, 0.15) is 0 Å². The third kappa shape index (κ3) is 3.57. The van der Waals surface area contributed by atoms with Crippen LogP contribution >= 0.6 is 0 Å². The van der Waals surface area contributed by atoms with Crippen LogP contribution in [0.25, 0.3) is 0 Å². The van der Waals surface area contributed by atoms with Crippen LogP contribution < -0.4 is 14.8 Å². The number of sulfone groups is 1. The average molecular weight is 345 g/mol. The van der Waals surface area contributed by atoms with Crippen molar-refractivity contribution in [3.05, 3.63) is 60.3 Å². The SMILES string of the molecule is CS(=O)(=O)c1ccc(NC=CC(=O)c2ccc3c(c2)OCO3)cc1. The minimum Gasteiger partial charge on any atom is -0.454 e. The first-order chi connectivity index (χ1) is 11.4. The van der Waals surface area contributed by atoms with Crippen molar-refractivity contribution < 1.29 is 22.7 Å². The highest BCUT2D eigenvalue weighted by Gasteiger charge is 2.15. The number of hydrogen-bond donors (Lipinski definition) is 1. The first-order valence-electron chi connectivity index (χ1n) is 7.11. The van der Waals surface area contributed by atoms with Crippen LogP contribution in [-0.2, 0) is 9.84 Å². The summed E-state index contributed by atoms with van der Waals surface area (Å²) < 4.78 is 33.2. The van der Waals surface area contributed by atoms with Gasteiger partial charge in [-0.2, -0.15) is 0 Å². The van der Waals surface area contributed by atoms with Gasteiger partial charge in [-0.05, 0) is 42.5 Å². The first kappa shape index (κ1) is 16.1. The lowest BCUT2D eigenvalue weighted by Gasteiger charge is -2.03. The van der Waals surface area contributed by atoms with Crippen molar-refractivity contribution >= 4 is 21.3 Å². The number of hydrogen-bond acceptors (Lipinski definition) is 6. The van der Waals surface area contributed by atoms with Crippen molar-refractivity contribution in [2.45, 2.75) is 4.90 Å². The Morgan fingerprint density at radius 1 is 1.08 bits per heavy atom. The van der Waals surface area contributed by atoms with Crippen LogP contribution in [0.5, 0.6) is 11.5 Å². The lowest BCUT2D eigenvalue weighted by atomic mass is 10.1. The summed E-state index contributed by atoms with van der Waals surface area (Å²) in [5.41, 5.74) is 1.17. The zero-order chi connectivity index (χ0) is 17.2. The number of ether oxygens (including phenoxy) is 2. The third-order valence-corrected chi connectivity index (χ3v) is 4.55. The van der Waals surface area contributed by atoms with Crippen LogP contribution in [0.4, 0.5) is 5.69 Å². The molecule has 124 valence electrons. The normalized spacial score (nSPS) is 13.2. The predicted molar refractivity (Wildman–Crippen MR) is 89.2 cm³/mol. The molecule has 6 nitrogen and oxygen atoms in total. The number of nitrogens with one attached hydrogen (secondary N) is 1. The van der Waals surface area contributed by atoms with E-state index >= 15 is 0 Å².